The highest BCUT2D eigenvalue weighted by Gasteiger charge is 1.94. The van der Waals surface area contributed by atoms with Crippen LogP contribution in [0.4, 0.5) is 0 Å². The van der Waals surface area contributed by atoms with E-state index in [1.165, 1.54) is 0 Å². The van der Waals surface area contributed by atoms with E-state index in [0.717, 1.165) is 10.9 Å². The largest absolute Gasteiger partial charge is 0.273 e. The third kappa shape index (κ3) is 1.43. The number of hydrogen-bond donors (Lipinski definition) is 0. The topological polar surface area (TPSA) is 30.0 Å². The first-order valence-electron chi connectivity index (χ1n) is 4.14. The van der Waals surface area contributed by atoms with E-state index in [1.54, 1.807) is 13.0 Å². The summed E-state index contributed by atoms with van der Waals surface area (Å²) in [5.74, 6) is 0. The van der Waals surface area contributed by atoms with Crippen LogP contribution in [0.15, 0.2) is 41.2 Å². The van der Waals surface area contributed by atoms with Crippen molar-refractivity contribution in [2.75, 3.05) is 0 Å². The molecule has 0 N–H and O–H groups in total. The second-order valence-electron chi connectivity index (χ2n) is 2.99. The summed E-state index contributed by atoms with van der Waals surface area (Å²) in [6, 6.07) is 11.3. The Balaban J connectivity index is 2.97. The van der Waals surface area contributed by atoms with Crippen molar-refractivity contribution in [3.63, 3.8) is 0 Å². The van der Waals surface area contributed by atoms with Crippen molar-refractivity contribution in [2.24, 2.45) is 0 Å². The third-order valence-electron chi connectivity index (χ3n) is 2.01. The molecule has 0 bridgehead atoms. The zero-order chi connectivity index (χ0) is 9.26. The van der Waals surface area contributed by atoms with E-state index in [-0.39, 0.29) is 5.56 Å². The summed E-state index contributed by atoms with van der Waals surface area (Å²) in [5, 5.41) is 0.993. The fourth-order valence-electron chi connectivity index (χ4n) is 1.21. The Morgan fingerprint density at radius 1 is 1.08 bits per heavy atom. The molecule has 0 amide bonds. The lowest BCUT2D eigenvalue weighted by molar-refractivity contribution is 1.26. The monoisotopic (exact) mass is 171 g/mol. The number of hydrogen-bond acceptors (Lipinski definition) is 2. The van der Waals surface area contributed by atoms with Crippen molar-refractivity contribution in [2.45, 2.75) is 6.92 Å². The van der Waals surface area contributed by atoms with Gasteiger partial charge in [0.25, 0.3) is 5.56 Å². The first-order valence-corrected chi connectivity index (χ1v) is 4.14. The Bertz CT molecular complexity index is 505. The number of para-hydroxylation sites is 1. The highest BCUT2D eigenvalue weighted by Crippen LogP contribution is 2.07. The smallest absolute Gasteiger partial charge is 0.267 e. The number of benzene rings is 1. The fourth-order valence-corrected chi connectivity index (χ4v) is 1.21. The van der Waals surface area contributed by atoms with Crippen molar-refractivity contribution in [3.05, 3.63) is 52.3 Å². The second kappa shape index (κ2) is 2.98. The first-order chi connectivity index (χ1) is 6.27. The fraction of sp³-hybridized carbons (Fsp3) is 0.0909. The molecule has 0 aliphatic carbocycles. The number of nitrogens with zero attached hydrogens (tertiary/aromatic N) is 1. The van der Waals surface area contributed by atoms with Gasteiger partial charge in [0.2, 0.25) is 0 Å². The van der Waals surface area contributed by atoms with Crippen molar-refractivity contribution in [1.82, 2.24) is 4.98 Å². The number of aryl methyl sites for hydroxylation is 1. The van der Waals surface area contributed by atoms with Gasteiger partial charge in [0.05, 0.1) is 5.52 Å². The molecule has 0 unspecified atom stereocenters. The van der Waals surface area contributed by atoms with Crippen LogP contribution >= 0.6 is 0 Å². The van der Waals surface area contributed by atoms with Gasteiger partial charge >= 0.3 is 0 Å². The molecule has 1 heterocycles. The average Bonchev–Trinajstić information content (AvgIpc) is 2.28. The summed E-state index contributed by atoms with van der Waals surface area (Å²) in [5.41, 5.74) is 1.28. The molecule has 1 aromatic carbocycles. The van der Waals surface area contributed by atoms with Gasteiger partial charge in [0, 0.05) is 10.9 Å². The number of aromatic nitrogens is 1. The van der Waals surface area contributed by atoms with E-state index in [9.17, 15) is 4.79 Å². The summed E-state index contributed by atoms with van der Waals surface area (Å²) < 4.78 is 0. The summed E-state index contributed by atoms with van der Waals surface area (Å²) in [6.45, 7) is 1.77. The van der Waals surface area contributed by atoms with Crippen LogP contribution in [0.2, 0.25) is 0 Å². The van der Waals surface area contributed by atoms with Crippen LogP contribution in [-0.4, -0.2) is 4.98 Å². The van der Waals surface area contributed by atoms with Crippen molar-refractivity contribution < 1.29 is 0 Å². The lowest BCUT2D eigenvalue weighted by Gasteiger charge is -1.86. The van der Waals surface area contributed by atoms with E-state index >= 15 is 0 Å². The highest BCUT2D eigenvalue weighted by molar-refractivity contribution is 5.77. The molecule has 13 heavy (non-hydrogen) atoms. The van der Waals surface area contributed by atoms with E-state index in [0.29, 0.717) is 5.56 Å². The van der Waals surface area contributed by atoms with E-state index < -0.39 is 0 Å². The summed E-state index contributed by atoms with van der Waals surface area (Å²) in [6.07, 6.45) is 0. The summed E-state index contributed by atoms with van der Waals surface area (Å²) in [4.78, 5) is 15.3. The zero-order valence-corrected chi connectivity index (χ0v) is 7.32. The maximum atomic E-state index is 11.3. The van der Waals surface area contributed by atoms with Gasteiger partial charge in [-0.2, -0.15) is 0 Å². The van der Waals surface area contributed by atoms with Crippen LogP contribution in [0.5, 0.6) is 0 Å². The third-order valence-corrected chi connectivity index (χ3v) is 2.01. The molecule has 0 radical (unpaired) electrons. The quantitative estimate of drug-likeness (QED) is 0.606. The molecule has 2 aromatic rings. The Labute approximate surface area is 75.9 Å². The first kappa shape index (κ1) is 7.92. The lowest BCUT2D eigenvalue weighted by Crippen LogP contribution is -2.04. The van der Waals surface area contributed by atoms with E-state index in [1.807, 2.05) is 30.3 Å². The predicted molar refractivity (Wildman–Crippen MR) is 52.8 cm³/mol. The molecular formula is C11H9NO. The van der Waals surface area contributed by atoms with Gasteiger partial charge in [-0.3, -0.25) is 4.79 Å². The Hall–Kier alpha value is -1.70. The summed E-state index contributed by atoms with van der Waals surface area (Å²) >= 11 is 0. The van der Waals surface area contributed by atoms with Gasteiger partial charge in [-0.15, -0.1) is 0 Å². The maximum absolute atomic E-state index is 11.3. The molecule has 2 heteroatoms. The molecule has 1 aromatic heterocycles. The highest BCUT2D eigenvalue weighted by atomic mass is 16.1. The lowest BCUT2D eigenvalue weighted by atomic mass is 10.2. The normalized spacial score (nSPS) is 10.2. The minimum atomic E-state index is -0.152. The zero-order valence-electron chi connectivity index (χ0n) is 7.32. The van der Waals surface area contributed by atoms with Crippen LogP contribution in [0.1, 0.15) is 5.56 Å². The molecule has 0 aliphatic heterocycles. The van der Waals surface area contributed by atoms with Crippen molar-refractivity contribution in [3.8, 4) is 0 Å². The van der Waals surface area contributed by atoms with Gasteiger partial charge in [-0.25, -0.2) is 4.98 Å². The van der Waals surface area contributed by atoms with Crippen LogP contribution in [0.3, 0.4) is 0 Å². The minimum absolute atomic E-state index is 0.152. The summed E-state index contributed by atoms with van der Waals surface area (Å²) in [7, 11) is 0. The maximum Gasteiger partial charge on any atom is 0.273 e. The van der Waals surface area contributed by atoms with Crippen molar-refractivity contribution >= 4 is 10.9 Å². The molecule has 0 atom stereocenters. The predicted octanol–water partition coefficient (Wildman–Crippen LogP) is 1.90. The Morgan fingerprint density at radius 3 is 2.69 bits per heavy atom. The Kier molecular flexibility index (Phi) is 1.81. The second-order valence-corrected chi connectivity index (χ2v) is 2.99. The van der Waals surface area contributed by atoms with Crippen LogP contribution in [-0.2, 0) is 0 Å². The van der Waals surface area contributed by atoms with Gasteiger partial charge < -0.3 is 0 Å². The average molecular weight is 171 g/mol. The van der Waals surface area contributed by atoms with Crippen molar-refractivity contribution in [1.29, 1.82) is 0 Å². The number of rotatable bonds is 0. The van der Waals surface area contributed by atoms with Gasteiger partial charge in [-0.05, 0) is 13.0 Å². The molecule has 0 saturated carbocycles. The molecule has 0 spiro atoms. The standard InChI is InChI=1S/C11H9NO/c1-8-6-7-9-4-2-3-5-10(9)12-11(8)13/h2-7H,1H3. The molecule has 0 fully saturated rings. The molecular weight excluding hydrogens is 162 g/mol. The van der Waals surface area contributed by atoms with Gasteiger partial charge in [0.1, 0.15) is 0 Å². The molecule has 2 rings (SSSR count). The molecule has 0 aliphatic rings. The van der Waals surface area contributed by atoms with Gasteiger partial charge in [-0.1, -0.05) is 30.3 Å². The SMILES string of the molecule is Cc1ccc2ccccc2nc1=O. The van der Waals surface area contributed by atoms with Crippen LogP contribution < -0.4 is 5.56 Å². The molecule has 64 valence electrons. The van der Waals surface area contributed by atoms with E-state index in [4.69, 9.17) is 0 Å². The Morgan fingerprint density at radius 2 is 1.85 bits per heavy atom. The minimum Gasteiger partial charge on any atom is -0.267 e. The van der Waals surface area contributed by atoms with E-state index in [2.05, 4.69) is 4.98 Å². The number of fused-ring (bicyclic) bond motifs is 1. The molecule has 2 nitrogen and oxygen atoms in total. The van der Waals surface area contributed by atoms with Crippen LogP contribution in [0.25, 0.3) is 10.9 Å². The molecule has 0 saturated heterocycles. The van der Waals surface area contributed by atoms with Gasteiger partial charge in [0.15, 0.2) is 0 Å². The van der Waals surface area contributed by atoms with Crippen LogP contribution in [0, 0.1) is 6.92 Å².